The van der Waals surface area contributed by atoms with Gasteiger partial charge >= 0.3 is 5.97 Å². The number of anilines is 1. The molecule has 0 radical (unpaired) electrons. The van der Waals surface area contributed by atoms with Crippen LogP contribution in [0.3, 0.4) is 0 Å². The maximum Gasteiger partial charge on any atom is 0.338 e. The summed E-state index contributed by atoms with van der Waals surface area (Å²) in [6.45, 7) is 6.63. The molecule has 0 saturated heterocycles. The van der Waals surface area contributed by atoms with Gasteiger partial charge in [0.05, 0.1) is 12.2 Å². The van der Waals surface area contributed by atoms with E-state index in [0.717, 1.165) is 12.1 Å². The maximum absolute atomic E-state index is 11.5. The van der Waals surface area contributed by atoms with Crippen molar-refractivity contribution in [3.63, 3.8) is 0 Å². The summed E-state index contributed by atoms with van der Waals surface area (Å²) in [5.74, 6) is -0.257. The number of esters is 1. The van der Waals surface area contributed by atoms with E-state index in [2.05, 4.69) is 19.2 Å². The zero-order chi connectivity index (χ0) is 14.1. The normalized spacial score (nSPS) is 11.9. The molecule has 3 heteroatoms. The molecular weight excluding hydrogens is 238 g/mol. The number of ether oxygens (including phenoxy) is 1. The molecule has 106 valence electrons. The number of rotatable bonds is 8. The van der Waals surface area contributed by atoms with Gasteiger partial charge in [-0.15, -0.1) is 0 Å². The summed E-state index contributed by atoms with van der Waals surface area (Å²) in [5, 5.41) is 3.51. The summed E-state index contributed by atoms with van der Waals surface area (Å²) >= 11 is 0. The predicted octanol–water partition coefficient (Wildman–Crippen LogP) is 4.24. The van der Waals surface area contributed by atoms with Crippen molar-refractivity contribution in [2.24, 2.45) is 0 Å². The van der Waals surface area contributed by atoms with Crippen molar-refractivity contribution >= 4 is 11.7 Å². The lowest BCUT2D eigenvalue weighted by Gasteiger charge is -2.18. The SMILES string of the molecule is CCCCC(CC)Nc1ccc(C(=O)OCC)cc1. The van der Waals surface area contributed by atoms with Crippen molar-refractivity contribution < 1.29 is 9.53 Å². The minimum atomic E-state index is -0.257. The molecule has 0 spiro atoms. The summed E-state index contributed by atoms with van der Waals surface area (Å²) in [5.41, 5.74) is 1.67. The third kappa shape index (κ3) is 5.33. The quantitative estimate of drug-likeness (QED) is 0.713. The lowest BCUT2D eigenvalue weighted by Crippen LogP contribution is -2.18. The highest BCUT2D eigenvalue weighted by molar-refractivity contribution is 5.89. The third-order valence-corrected chi connectivity index (χ3v) is 3.17. The topological polar surface area (TPSA) is 38.3 Å². The molecule has 1 aromatic rings. The van der Waals surface area contributed by atoms with Crippen LogP contribution in [0.5, 0.6) is 0 Å². The Morgan fingerprint density at radius 2 is 1.89 bits per heavy atom. The van der Waals surface area contributed by atoms with Gasteiger partial charge in [0.25, 0.3) is 0 Å². The predicted molar refractivity (Wildman–Crippen MR) is 79.6 cm³/mol. The molecular formula is C16H25NO2. The van der Waals surface area contributed by atoms with Gasteiger partial charge in [0, 0.05) is 11.7 Å². The molecule has 0 fully saturated rings. The minimum absolute atomic E-state index is 0.257. The van der Waals surface area contributed by atoms with E-state index in [1.54, 1.807) is 0 Å². The second-order valence-corrected chi connectivity index (χ2v) is 4.69. The van der Waals surface area contributed by atoms with Gasteiger partial charge in [0.2, 0.25) is 0 Å². The molecule has 1 N–H and O–H groups in total. The van der Waals surface area contributed by atoms with Gasteiger partial charge in [-0.2, -0.15) is 0 Å². The lowest BCUT2D eigenvalue weighted by atomic mass is 10.1. The van der Waals surface area contributed by atoms with E-state index in [1.165, 1.54) is 19.3 Å². The summed E-state index contributed by atoms with van der Waals surface area (Å²) in [7, 11) is 0. The van der Waals surface area contributed by atoms with Crippen molar-refractivity contribution in [2.75, 3.05) is 11.9 Å². The summed E-state index contributed by atoms with van der Waals surface area (Å²) < 4.78 is 4.96. The second-order valence-electron chi connectivity index (χ2n) is 4.69. The van der Waals surface area contributed by atoms with Crippen LogP contribution in [0, 0.1) is 0 Å². The highest BCUT2D eigenvalue weighted by Gasteiger charge is 2.08. The molecule has 1 rings (SSSR count). The molecule has 0 bridgehead atoms. The average molecular weight is 263 g/mol. The van der Waals surface area contributed by atoms with Gasteiger partial charge in [0.15, 0.2) is 0 Å². The van der Waals surface area contributed by atoms with E-state index in [-0.39, 0.29) is 5.97 Å². The first kappa shape index (κ1) is 15.5. The van der Waals surface area contributed by atoms with Crippen LogP contribution in [0.25, 0.3) is 0 Å². The van der Waals surface area contributed by atoms with Gasteiger partial charge in [0.1, 0.15) is 0 Å². The number of unbranched alkanes of at least 4 members (excludes halogenated alkanes) is 1. The first-order valence-electron chi connectivity index (χ1n) is 7.24. The van der Waals surface area contributed by atoms with Crippen LogP contribution in [0.2, 0.25) is 0 Å². The first-order valence-corrected chi connectivity index (χ1v) is 7.24. The molecule has 0 aromatic heterocycles. The molecule has 0 aliphatic carbocycles. The fourth-order valence-electron chi connectivity index (χ4n) is 1.98. The van der Waals surface area contributed by atoms with Crippen LogP contribution in [0.15, 0.2) is 24.3 Å². The highest BCUT2D eigenvalue weighted by Crippen LogP contribution is 2.15. The van der Waals surface area contributed by atoms with E-state index in [9.17, 15) is 4.79 Å². The van der Waals surface area contributed by atoms with Gasteiger partial charge in [-0.1, -0.05) is 26.7 Å². The van der Waals surface area contributed by atoms with E-state index in [1.807, 2.05) is 31.2 Å². The molecule has 1 unspecified atom stereocenters. The Labute approximate surface area is 116 Å². The van der Waals surface area contributed by atoms with Crippen molar-refractivity contribution in [3.8, 4) is 0 Å². The Bertz CT molecular complexity index is 373. The first-order chi connectivity index (χ1) is 9.21. The fraction of sp³-hybridized carbons (Fsp3) is 0.562. The Kier molecular flexibility index (Phi) is 7.01. The Balaban J connectivity index is 2.57. The molecule has 0 amide bonds. The van der Waals surface area contributed by atoms with E-state index < -0.39 is 0 Å². The molecule has 0 heterocycles. The number of benzene rings is 1. The van der Waals surface area contributed by atoms with Gasteiger partial charge in [-0.05, 0) is 44.0 Å². The van der Waals surface area contributed by atoms with Crippen LogP contribution >= 0.6 is 0 Å². The highest BCUT2D eigenvalue weighted by atomic mass is 16.5. The Morgan fingerprint density at radius 3 is 2.42 bits per heavy atom. The molecule has 3 nitrogen and oxygen atoms in total. The maximum atomic E-state index is 11.5. The van der Waals surface area contributed by atoms with E-state index in [0.29, 0.717) is 18.2 Å². The molecule has 1 aromatic carbocycles. The zero-order valence-corrected chi connectivity index (χ0v) is 12.2. The van der Waals surface area contributed by atoms with Crippen molar-refractivity contribution in [1.82, 2.24) is 0 Å². The molecule has 0 saturated carbocycles. The van der Waals surface area contributed by atoms with E-state index in [4.69, 9.17) is 4.74 Å². The number of nitrogens with one attached hydrogen (secondary N) is 1. The molecule has 0 aliphatic rings. The lowest BCUT2D eigenvalue weighted by molar-refractivity contribution is 0.0526. The van der Waals surface area contributed by atoms with Crippen LogP contribution in [-0.2, 0) is 4.74 Å². The van der Waals surface area contributed by atoms with Crippen molar-refractivity contribution in [2.45, 2.75) is 52.5 Å². The Morgan fingerprint density at radius 1 is 1.21 bits per heavy atom. The zero-order valence-electron chi connectivity index (χ0n) is 12.2. The molecule has 19 heavy (non-hydrogen) atoms. The largest absolute Gasteiger partial charge is 0.462 e. The van der Waals surface area contributed by atoms with Crippen LogP contribution in [0.4, 0.5) is 5.69 Å². The second kappa shape index (κ2) is 8.57. The summed E-state index contributed by atoms with van der Waals surface area (Å²) in [6, 6.07) is 8.02. The van der Waals surface area contributed by atoms with Crippen molar-refractivity contribution in [1.29, 1.82) is 0 Å². The smallest absolute Gasteiger partial charge is 0.338 e. The monoisotopic (exact) mass is 263 g/mol. The Hall–Kier alpha value is -1.51. The van der Waals surface area contributed by atoms with Gasteiger partial charge < -0.3 is 10.1 Å². The molecule has 0 aliphatic heterocycles. The summed E-state index contributed by atoms with van der Waals surface area (Å²) in [4.78, 5) is 11.5. The summed E-state index contributed by atoms with van der Waals surface area (Å²) in [6.07, 6.45) is 4.76. The minimum Gasteiger partial charge on any atom is -0.462 e. The van der Waals surface area contributed by atoms with E-state index >= 15 is 0 Å². The van der Waals surface area contributed by atoms with Crippen molar-refractivity contribution in [3.05, 3.63) is 29.8 Å². The van der Waals surface area contributed by atoms with Crippen LogP contribution in [0.1, 0.15) is 56.8 Å². The number of carbonyl (C=O) groups excluding carboxylic acids is 1. The number of hydrogen-bond donors (Lipinski definition) is 1. The van der Waals surface area contributed by atoms with Gasteiger partial charge in [-0.25, -0.2) is 4.79 Å². The fourth-order valence-corrected chi connectivity index (χ4v) is 1.98. The number of carbonyl (C=O) groups is 1. The van der Waals surface area contributed by atoms with Crippen LogP contribution in [-0.4, -0.2) is 18.6 Å². The number of hydrogen-bond acceptors (Lipinski definition) is 3. The third-order valence-electron chi connectivity index (χ3n) is 3.17. The van der Waals surface area contributed by atoms with Crippen LogP contribution < -0.4 is 5.32 Å². The average Bonchev–Trinajstić information content (AvgIpc) is 2.44. The van der Waals surface area contributed by atoms with Gasteiger partial charge in [-0.3, -0.25) is 0 Å². The standard InChI is InChI=1S/C16H25NO2/c1-4-7-8-14(5-2)17-15-11-9-13(10-12-15)16(18)19-6-3/h9-12,14,17H,4-8H2,1-3H3. The molecule has 1 atom stereocenters.